The summed E-state index contributed by atoms with van der Waals surface area (Å²) in [5.41, 5.74) is 10.4. The van der Waals surface area contributed by atoms with Gasteiger partial charge in [0.1, 0.15) is 4.99 Å². The van der Waals surface area contributed by atoms with Gasteiger partial charge in [-0.3, -0.25) is 0 Å². The van der Waals surface area contributed by atoms with Gasteiger partial charge in [0.2, 0.25) is 0 Å². The molecule has 0 atom stereocenters. The molecule has 0 saturated carbocycles. The predicted octanol–water partition coefficient (Wildman–Crippen LogP) is 4.45. The summed E-state index contributed by atoms with van der Waals surface area (Å²) in [5, 5.41) is 0.657. The highest BCUT2D eigenvalue weighted by Gasteiger charge is 2.19. The van der Waals surface area contributed by atoms with Gasteiger partial charge >= 0.3 is 0 Å². The molecule has 108 valence electrons. The van der Waals surface area contributed by atoms with Gasteiger partial charge < -0.3 is 10.6 Å². The molecule has 2 aromatic carbocycles. The standard InChI is InChI=1S/C17H17ClN2S/c18-13-8-9-16(14(11-13)17(19)21)20-10-4-3-6-12-5-1-2-7-15(12)20/h1-2,5,7-9,11H,3-4,6,10H2,(H2,19,21). The van der Waals surface area contributed by atoms with Crippen molar-refractivity contribution in [3.8, 4) is 0 Å². The van der Waals surface area contributed by atoms with Crippen LogP contribution in [0.25, 0.3) is 0 Å². The van der Waals surface area contributed by atoms with Crippen molar-refractivity contribution < 1.29 is 0 Å². The maximum absolute atomic E-state index is 6.10. The van der Waals surface area contributed by atoms with E-state index in [9.17, 15) is 0 Å². The number of anilines is 2. The van der Waals surface area contributed by atoms with Gasteiger partial charge in [-0.1, -0.05) is 42.0 Å². The average Bonchev–Trinajstić information content (AvgIpc) is 2.69. The van der Waals surface area contributed by atoms with Crippen LogP contribution in [0.2, 0.25) is 5.02 Å². The Labute approximate surface area is 135 Å². The lowest BCUT2D eigenvalue weighted by Gasteiger charge is -2.27. The minimum Gasteiger partial charge on any atom is -0.389 e. The third-order valence-corrected chi connectivity index (χ3v) is 4.33. The second-order valence-corrected chi connectivity index (χ2v) is 6.14. The first-order valence-electron chi connectivity index (χ1n) is 7.11. The van der Waals surface area contributed by atoms with Crippen LogP contribution in [0.4, 0.5) is 11.4 Å². The highest BCUT2D eigenvalue weighted by atomic mass is 35.5. The summed E-state index contributed by atoms with van der Waals surface area (Å²) in [6.07, 6.45) is 3.46. The van der Waals surface area contributed by atoms with Gasteiger partial charge in [-0.05, 0) is 49.1 Å². The third kappa shape index (κ3) is 2.89. The Morgan fingerprint density at radius 2 is 1.90 bits per heavy atom. The Hall–Kier alpha value is -1.58. The Balaban J connectivity index is 2.14. The summed E-state index contributed by atoms with van der Waals surface area (Å²) in [7, 11) is 0. The van der Waals surface area contributed by atoms with Crippen LogP contribution in [-0.2, 0) is 6.42 Å². The molecule has 21 heavy (non-hydrogen) atoms. The second-order valence-electron chi connectivity index (χ2n) is 5.26. The lowest BCUT2D eigenvalue weighted by Crippen LogP contribution is -2.22. The van der Waals surface area contributed by atoms with Crippen LogP contribution < -0.4 is 10.6 Å². The first-order valence-corrected chi connectivity index (χ1v) is 7.90. The van der Waals surface area contributed by atoms with Crippen LogP contribution >= 0.6 is 23.8 Å². The molecule has 0 radical (unpaired) electrons. The number of halogens is 1. The molecule has 1 aliphatic heterocycles. The normalized spacial score (nSPS) is 14.4. The van der Waals surface area contributed by atoms with E-state index in [4.69, 9.17) is 29.6 Å². The number of nitrogens with zero attached hydrogens (tertiary/aromatic N) is 1. The Kier molecular flexibility index (Phi) is 4.13. The number of nitrogens with two attached hydrogens (primary N) is 1. The topological polar surface area (TPSA) is 29.3 Å². The number of hydrogen-bond acceptors (Lipinski definition) is 2. The Morgan fingerprint density at radius 1 is 1.10 bits per heavy atom. The van der Waals surface area contributed by atoms with E-state index in [0.29, 0.717) is 10.0 Å². The number of hydrogen-bond donors (Lipinski definition) is 1. The lowest BCUT2D eigenvalue weighted by molar-refractivity contribution is 0.761. The van der Waals surface area contributed by atoms with Gasteiger partial charge in [-0.25, -0.2) is 0 Å². The van der Waals surface area contributed by atoms with Crippen LogP contribution in [0, 0.1) is 0 Å². The number of thiocarbonyl (C=S) groups is 1. The van der Waals surface area contributed by atoms with Crippen molar-refractivity contribution in [1.82, 2.24) is 0 Å². The van der Waals surface area contributed by atoms with Crippen molar-refractivity contribution in [2.75, 3.05) is 11.4 Å². The van der Waals surface area contributed by atoms with E-state index in [-0.39, 0.29) is 0 Å². The Morgan fingerprint density at radius 3 is 2.71 bits per heavy atom. The number of fused-ring (bicyclic) bond motifs is 1. The van der Waals surface area contributed by atoms with E-state index in [0.717, 1.165) is 30.6 Å². The zero-order chi connectivity index (χ0) is 14.8. The van der Waals surface area contributed by atoms with Crippen molar-refractivity contribution in [2.45, 2.75) is 19.3 Å². The van der Waals surface area contributed by atoms with Crippen LogP contribution in [0.3, 0.4) is 0 Å². The van der Waals surface area contributed by atoms with E-state index in [1.165, 1.54) is 17.7 Å². The summed E-state index contributed by atoms with van der Waals surface area (Å²) in [4.78, 5) is 2.70. The summed E-state index contributed by atoms with van der Waals surface area (Å²) in [6, 6.07) is 14.3. The molecule has 0 spiro atoms. The van der Waals surface area contributed by atoms with Crippen LogP contribution in [-0.4, -0.2) is 11.5 Å². The molecule has 2 aromatic rings. The molecule has 0 bridgehead atoms. The molecule has 4 heteroatoms. The third-order valence-electron chi connectivity index (χ3n) is 3.88. The van der Waals surface area contributed by atoms with Crippen molar-refractivity contribution in [3.05, 3.63) is 58.6 Å². The van der Waals surface area contributed by atoms with E-state index < -0.39 is 0 Å². The molecule has 3 rings (SSSR count). The number of para-hydroxylation sites is 1. The minimum atomic E-state index is 0.384. The van der Waals surface area contributed by atoms with Crippen LogP contribution in [0.15, 0.2) is 42.5 Å². The molecule has 2 nitrogen and oxygen atoms in total. The maximum Gasteiger partial charge on any atom is 0.106 e. The van der Waals surface area contributed by atoms with E-state index >= 15 is 0 Å². The van der Waals surface area contributed by atoms with Crippen molar-refractivity contribution in [2.24, 2.45) is 5.73 Å². The molecule has 2 N–H and O–H groups in total. The molecular formula is C17H17ClN2S. The number of rotatable bonds is 2. The van der Waals surface area contributed by atoms with Gasteiger partial charge in [-0.2, -0.15) is 0 Å². The van der Waals surface area contributed by atoms with Crippen LogP contribution in [0.5, 0.6) is 0 Å². The highest BCUT2D eigenvalue weighted by molar-refractivity contribution is 7.80. The average molecular weight is 317 g/mol. The molecule has 0 fully saturated rings. The zero-order valence-electron chi connectivity index (χ0n) is 11.7. The summed E-state index contributed by atoms with van der Waals surface area (Å²) < 4.78 is 0. The predicted molar refractivity (Wildman–Crippen MR) is 93.7 cm³/mol. The molecule has 1 aliphatic rings. The zero-order valence-corrected chi connectivity index (χ0v) is 13.3. The minimum absolute atomic E-state index is 0.384. The molecule has 0 saturated heterocycles. The fourth-order valence-corrected chi connectivity index (χ4v) is 3.22. The lowest BCUT2D eigenvalue weighted by atomic mass is 10.1. The van der Waals surface area contributed by atoms with Gasteiger partial charge in [0.05, 0.1) is 5.69 Å². The van der Waals surface area contributed by atoms with Crippen LogP contribution in [0.1, 0.15) is 24.0 Å². The SMILES string of the molecule is NC(=S)c1cc(Cl)ccc1N1CCCCc2ccccc21. The number of benzene rings is 2. The summed E-state index contributed by atoms with van der Waals surface area (Å²) >= 11 is 11.3. The largest absolute Gasteiger partial charge is 0.389 e. The van der Waals surface area contributed by atoms with E-state index in [2.05, 4.69) is 29.2 Å². The molecule has 0 amide bonds. The van der Waals surface area contributed by atoms with Gasteiger partial charge in [0.25, 0.3) is 0 Å². The van der Waals surface area contributed by atoms with E-state index in [1.54, 1.807) is 0 Å². The molecule has 0 unspecified atom stereocenters. The first kappa shape index (κ1) is 14.4. The summed E-state index contributed by atoms with van der Waals surface area (Å²) in [5.74, 6) is 0. The fraction of sp³-hybridized carbons (Fsp3) is 0.235. The fourth-order valence-electron chi connectivity index (χ4n) is 2.88. The Bertz CT molecular complexity index is 684. The van der Waals surface area contributed by atoms with Crippen molar-refractivity contribution >= 4 is 40.2 Å². The highest BCUT2D eigenvalue weighted by Crippen LogP contribution is 2.35. The smallest absolute Gasteiger partial charge is 0.106 e. The molecule has 1 heterocycles. The monoisotopic (exact) mass is 316 g/mol. The quantitative estimate of drug-likeness (QED) is 0.830. The maximum atomic E-state index is 6.10. The molecule has 0 aliphatic carbocycles. The van der Waals surface area contributed by atoms with Gasteiger partial charge in [0, 0.05) is 22.8 Å². The van der Waals surface area contributed by atoms with Gasteiger partial charge in [-0.15, -0.1) is 0 Å². The van der Waals surface area contributed by atoms with Crippen molar-refractivity contribution in [3.63, 3.8) is 0 Å². The molecule has 0 aromatic heterocycles. The van der Waals surface area contributed by atoms with E-state index in [1.807, 2.05) is 18.2 Å². The van der Waals surface area contributed by atoms with Crippen molar-refractivity contribution in [1.29, 1.82) is 0 Å². The second kappa shape index (κ2) is 6.04. The molecular weight excluding hydrogens is 300 g/mol. The first-order chi connectivity index (χ1) is 10.2. The number of aryl methyl sites for hydroxylation is 1. The summed E-state index contributed by atoms with van der Waals surface area (Å²) in [6.45, 7) is 0.967. The van der Waals surface area contributed by atoms with Gasteiger partial charge in [0.15, 0.2) is 0 Å².